The zero-order valence-electron chi connectivity index (χ0n) is 15.7. The number of hydrogen-bond acceptors (Lipinski definition) is 2. The van der Waals surface area contributed by atoms with E-state index in [1.54, 1.807) is 19.9 Å². The van der Waals surface area contributed by atoms with Gasteiger partial charge in [0.15, 0.2) is 0 Å². The van der Waals surface area contributed by atoms with E-state index in [1.165, 1.54) is 32.1 Å². The van der Waals surface area contributed by atoms with Crippen LogP contribution in [0.25, 0.3) is 0 Å². The minimum Gasteiger partial charge on any atom is -0.511 e. The van der Waals surface area contributed by atoms with Crippen LogP contribution in [0.1, 0.15) is 73.6 Å². The Morgan fingerprint density at radius 2 is 1.95 bits per heavy atom. The maximum Gasteiger partial charge on any atom is 0.108 e. The second kappa shape index (κ2) is 14.6. The minimum atomic E-state index is 0.482. The number of terminal acetylenes is 1. The molecule has 1 saturated heterocycles. The molecule has 1 fully saturated rings. The van der Waals surface area contributed by atoms with Crippen molar-refractivity contribution in [1.29, 1.82) is 0 Å². The van der Waals surface area contributed by atoms with Gasteiger partial charge in [0.05, 0.1) is 0 Å². The van der Waals surface area contributed by atoms with Gasteiger partial charge in [-0.1, -0.05) is 32.8 Å². The van der Waals surface area contributed by atoms with Crippen LogP contribution < -0.4 is 0 Å². The SMILES string of the molecule is C#CC.C=CC.CCCCC1C(C)CCCN1/C(C)=C(/C)O. The molecule has 0 saturated carbocycles. The predicted octanol–water partition coefficient (Wildman–Crippen LogP) is 5.92. The average Bonchev–Trinajstić information content (AvgIpc) is 2.46. The smallest absolute Gasteiger partial charge is 0.108 e. The molecule has 22 heavy (non-hydrogen) atoms. The first-order chi connectivity index (χ1) is 10.4. The first-order valence-electron chi connectivity index (χ1n) is 8.48. The minimum absolute atomic E-state index is 0.482. The van der Waals surface area contributed by atoms with E-state index >= 15 is 0 Å². The fourth-order valence-corrected chi connectivity index (χ4v) is 2.73. The van der Waals surface area contributed by atoms with Gasteiger partial charge in [-0.15, -0.1) is 18.9 Å². The Morgan fingerprint density at radius 3 is 2.36 bits per heavy atom. The van der Waals surface area contributed by atoms with Crippen LogP contribution in [0.4, 0.5) is 0 Å². The van der Waals surface area contributed by atoms with Gasteiger partial charge in [-0.25, -0.2) is 0 Å². The number of aliphatic hydroxyl groups excluding tert-OH is 1. The molecule has 0 aromatic heterocycles. The Bertz CT molecular complexity index is 347. The summed E-state index contributed by atoms with van der Waals surface area (Å²) in [4.78, 5) is 2.43. The summed E-state index contributed by atoms with van der Waals surface area (Å²) in [5.41, 5.74) is 1.08. The Morgan fingerprint density at radius 1 is 1.45 bits per heavy atom. The second-order valence-corrected chi connectivity index (χ2v) is 5.89. The largest absolute Gasteiger partial charge is 0.511 e. The van der Waals surface area contributed by atoms with Crippen molar-refractivity contribution in [1.82, 2.24) is 4.90 Å². The molecule has 0 aliphatic carbocycles. The Kier molecular flexibility index (Phi) is 15.2. The Balaban J connectivity index is 0. The van der Waals surface area contributed by atoms with Gasteiger partial charge in [0.2, 0.25) is 0 Å². The molecule has 128 valence electrons. The highest BCUT2D eigenvalue weighted by Crippen LogP contribution is 2.30. The van der Waals surface area contributed by atoms with E-state index in [1.807, 2.05) is 13.8 Å². The van der Waals surface area contributed by atoms with Crippen LogP contribution in [-0.4, -0.2) is 22.6 Å². The van der Waals surface area contributed by atoms with Gasteiger partial charge in [0.25, 0.3) is 0 Å². The molecule has 0 spiro atoms. The van der Waals surface area contributed by atoms with Crippen LogP contribution in [0, 0.1) is 18.3 Å². The highest BCUT2D eigenvalue weighted by molar-refractivity contribution is 5.05. The van der Waals surface area contributed by atoms with Crippen LogP contribution in [-0.2, 0) is 0 Å². The van der Waals surface area contributed by atoms with Crippen LogP contribution in [0.5, 0.6) is 0 Å². The van der Waals surface area contributed by atoms with E-state index in [0.29, 0.717) is 11.8 Å². The molecule has 1 aliphatic heterocycles. The molecule has 1 N–H and O–H groups in total. The van der Waals surface area contributed by atoms with Crippen molar-refractivity contribution < 1.29 is 5.11 Å². The summed E-state index contributed by atoms with van der Waals surface area (Å²) in [5.74, 6) is 3.49. The fourth-order valence-electron chi connectivity index (χ4n) is 2.73. The summed E-state index contributed by atoms with van der Waals surface area (Å²) >= 11 is 0. The Labute approximate surface area is 139 Å². The van der Waals surface area contributed by atoms with Crippen molar-refractivity contribution in [3.63, 3.8) is 0 Å². The lowest BCUT2D eigenvalue weighted by Crippen LogP contribution is -2.43. The molecule has 0 radical (unpaired) electrons. The van der Waals surface area contributed by atoms with Crippen molar-refractivity contribution in [2.24, 2.45) is 5.92 Å². The number of rotatable bonds is 4. The Hall–Kier alpha value is -1.36. The molecule has 2 nitrogen and oxygen atoms in total. The summed E-state index contributed by atoms with van der Waals surface area (Å²) in [7, 11) is 0. The van der Waals surface area contributed by atoms with Gasteiger partial charge in [0.1, 0.15) is 5.76 Å². The van der Waals surface area contributed by atoms with E-state index in [9.17, 15) is 5.11 Å². The van der Waals surface area contributed by atoms with Crippen LogP contribution in [0.3, 0.4) is 0 Å². The topological polar surface area (TPSA) is 23.5 Å². The van der Waals surface area contributed by atoms with Gasteiger partial charge >= 0.3 is 0 Å². The lowest BCUT2D eigenvalue weighted by atomic mass is 9.87. The number of likely N-dealkylation sites (tertiary alicyclic amines) is 1. The molecule has 1 heterocycles. The summed E-state index contributed by atoms with van der Waals surface area (Å²) < 4.78 is 0. The zero-order chi connectivity index (χ0) is 17.5. The van der Waals surface area contributed by atoms with Gasteiger partial charge in [0, 0.05) is 18.3 Å². The van der Waals surface area contributed by atoms with Gasteiger partial charge in [-0.2, -0.15) is 0 Å². The molecule has 2 unspecified atom stereocenters. The lowest BCUT2D eigenvalue weighted by Gasteiger charge is -2.42. The quantitative estimate of drug-likeness (QED) is 0.396. The normalized spacial score (nSPS) is 21.2. The molecule has 0 aromatic rings. The molecule has 0 amide bonds. The summed E-state index contributed by atoms with van der Waals surface area (Å²) in [6, 6.07) is 0.635. The van der Waals surface area contributed by atoms with Crippen LogP contribution >= 0.6 is 0 Å². The van der Waals surface area contributed by atoms with Crippen molar-refractivity contribution in [2.45, 2.75) is 79.7 Å². The number of nitrogens with zero attached hydrogens (tertiary/aromatic N) is 1. The van der Waals surface area contributed by atoms with Crippen LogP contribution in [0.15, 0.2) is 24.1 Å². The first kappa shape index (κ1) is 22.9. The molecule has 2 atom stereocenters. The lowest BCUT2D eigenvalue weighted by molar-refractivity contribution is 0.121. The molecule has 0 aromatic carbocycles. The molecular weight excluding hydrogens is 270 g/mol. The third-order valence-corrected chi connectivity index (χ3v) is 3.92. The van der Waals surface area contributed by atoms with Gasteiger partial charge < -0.3 is 10.0 Å². The summed E-state index contributed by atoms with van der Waals surface area (Å²) in [5, 5.41) is 9.64. The monoisotopic (exact) mass is 307 g/mol. The van der Waals surface area contributed by atoms with Crippen molar-refractivity contribution in [2.75, 3.05) is 6.54 Å². The number of piperidine rings is 1. The van der Waals surface area contributed by atoms with E-state index in [2.05, 4.69) is 37.7 Å². The van der Waals surface area contributed by atoms with Gasteiger partial charge in [-0.05, 0) is 52.9 Å². The van der Waals surface area contributed by atoms with E-state index in [4.69, 9.17) is 0 Å². The predicted molar refractivity (Wildman–Crippen MR) is 99.8 cm³/mol. The van der Waals surface area contributed by atoms with E-state index < -0.39 is 0 Å². The fraction of sp³-hybridized carbons (Fsp3) is 0.700. The molecule has 1 aliphatic rings. The van der Waals surface area contributed by atoms with Crippen LogP contribution in [0.2, 0.25) is 0 Å². The number of aliphatic hydroxyl groups is 1. The second-order valence-electron chi connectivity index (χ2n) is 5.89. The number of hydrogen-bond donors (Lipinski definition) is 1. The zero-order valence-corrected chi connectivity index (χ0v) is 15.7. The maximum absolute atomic E-state index is 9.64. The number of allylic oxidation sites excluding steroid dienone is 3. The standard InChI is InChI=1S/C14H27NO.C3H6.C3H4/c1-5-6-9-14-11(2)8-7-10-15(14)12(3)13(4)16;2*1-3-2/h11,14,16H,5-10H2,1-4H3;3H,1H2,2H3;1H,2H3/b13-12-;;. The van der Waals surface area contributed by atoms with Gasteiger partial charge in [-0.3, -0.25) is 0 Å². The molecule has 1 rings (SSSR count). The highest BCUT2D eigenvalue weighted by Gasteiger charge is 2.28. The average molecular weight is 308 g/mol. The molecule has 0 bridgehead atoms. The first-order valence-corrected chi connectivity index (χ1v) is 8.48. The highest BCUT2D eigenvalue weighted by atomic mass is 16.3. The molecular formula is C20H37NO. The van der Waals surface area contributed by atoms with E-state index in [0.717, 1.165) is 18.2 Å². The maximum atomic E-state index is 9.64. The summed E-state index contributed by atoms with van der Waals surface area (Å²) in [6.07, 6.45) is 12.8. The van der Waals surface area contributed by atoms with Crippen molar-refractivity contribution in [3.05, 3.63) is 24.1 Å². The van der Waals surface area contributed by atoms with Crippen molar-refractivity contribution in [3.8, 4) is 12.3 Å². The summed E-state index contributed by atoms with van der Waals surface area (Å²) in [6.45, 7) is 16.5. The third kappa shape index (κ3) is 9.55. The molecule has 2 heteroatoms. The van der Waals surface area contributed by atoms with Crippen molar-refractivity contribution >= 4 is 0 Å². The van der Waals surface area contributed by atoms with E-state index in [-0.39, 0.29) is 0 Å². The number of unbranched alkanes of at least 4 members (excludes halogenated alkanes) is 1. The third-order valence-electron chi connectivity index (χ3n) is 3.92.